The molecule has 8 nitrogen and oxygen atoms in total. The number of nitrogens with zero attached hydrogens (tertiary/aromatic N) is 6. The van der Waals surface area contributed by atoms with Crippen molar-refractivity contribution in [2.24, 2.45) is 0 Å². The summed E-state index contributed by atoms with van der Waals surface area (Å²) in [6.07, 6.45) is 3.40. The Hall–Kier alpha value is -3.26. The molecule has 0 saturated heterocycles. The third-order valence-corrected chi connectivity index (χ3v) is 4.74. The first-order chi connectivity index (χ1) is 14.0. The van der Waals surface area contributed by atoms with Crippen molar-refractivity contribution < 1.29 is 4.79 Å². The molecule has 0 aliphatic heterocycles. The quantitative estimate of drug-likeness (QED) is 0.509. The Morgan fingerprint density at radius 1 is 1.14 bits per heavy atom. The van der Waals surface area contributed by atoms with E-state index >= 15 is 0 Å². The molecular formula is C20H20ClN7O. The summed E-state index contributed by atoms with van der Waals surface area (Å²) < 4.78 is 3.39. The fraction of sp³-hybridized carbons (Fsp3) is 0.250. The van der Waals surface area contributed by atoms with Gasteiger partial charge in [0.15, 0.2) is 11.5 Å². The number of alkyl halides is 1. The van der Waals surface area contributed by atoms with Crippen molar-refractivity contribution in [2.45, 2.75) is 27.2 Å². The number of benzene rings is 1. The van der Waals surface area contributed by atoms with E-state index in [0.717, 1.165) is 22.3 Å². The Bertz CT molecular complexity index is 1210. The van der Waals surface area contributed by atoms with E-state index < -0.39 is 0 Å². The predicted octanol–water partition coefficient (Wildman–Crippen LogP) is 3.49. The highest BCUT2D eigenvalue weighted by atomic mass is 35.5. The maximum atomic E-state index is 12.0. The summed E-state index contributed by atoms with van der Waals surface area (Å²) in [6, 6.07) is 7.95. The monoisotopic (exact) mass is 409 g/mol. The lowest BCUT2D eigenvalue weighted by Crippen LogP contribution is -2.15. The van der Waals surface area contributed by atoms with Crippen LogP contribution in [0.5, 0.6) is 0 Å². The second kappa shape index (κ2) is 7.63. The molecule has 4 aromatic rings. The first-order valence-electron chi connectivity index (χ1n) is 9.17. The molecule has 0 unspecified atom stereocenters. The number of nitrogens with one attached hydrogen (secondary N) is 1. The lowest BCUT2D eigenvalue weighted by molar-refractivity contribution is -0.115. The average molecular weight is 410 g/mol. The molecule has 4 rings (SSSR count). The SMILES string of the molecule is Cc1ccc(-n2ncc3c(-n4nc(C)cc4NC(=O)CCCl)ncnc32)c(C)c1. The third kappa shape index (κ3) is 3.58. The van der Waals surface area contributed by atoms with Gasteiger partial charge in [-0.15, -0.1) is 11.6 Å². The van der Waals surface area contributed by atoms with Gasteiger partial charge >= 0.3 is 0 Å². The number of hydrogen-bond acceptors (Lipinski definition) is 5. The summed E-state index contributed by atoms with van der Waals surface area (Å²) in [6.45, 7) is 5.95. The van der Waals surface area contributed by atoms with Gasteiger partial charge in [-0.25, -0.2) is 14.6 Å². The number of halogens is 1. The van der Waals surface area contributed by atoms with Crippen LogP contribution in [0.3, 0.4) is 0 Å². The van der Waals surface area contributed by atoms with Crippen molar-refractivity contribution in [1.29, 1.82) is 0 Å². The van der Waals surface area contributed by atoms with E-state index in [1.165, 1.54) is 11.9 Å². The van der Waals surface area contributed by atoms with Crippen molar-refractivity contribution in [3.63, 3.8) is 0 Å². The molecule has 0 saturated carbocycles. The summed E-state index contributed by atoms with van der Waals surface area (Å²) in [5.74, 6) is 1.13. The van der Waals surface area contributed by atoms with Crippen molar-refractivity contribution in [1.82, 2.24) is 29.5 Å². The van der Waals surface area contributed by atoms with Crippen LogP contribution in [-0.4, -0.2) is 41.3 Å². The van der Waals surface area contributed by atoms with Crippen LogP contribution in [0, 0.1) is 20.8 Å². The first-order valence-corrected chi connectivity index (χ1v) is 9.70. The maximum Gasteiger partial charge on any atom is 0.226 e. The van der Waals surface area contributed by atoms with Gasteiger partial charge in [0.2, 0.25) is 5.91 Å². The lowest BCUT2D eigenvalue weighted by atomic mass is 10.1. The predicted molar refractivity (Wildman–Crippen MR) is 112 cm³/mol. The molecule has 29 heavy (non-hydrogen) atoms. The maximum absolute atomic E-state index is 12.0. The third-order valence-electron chi connectivity index (χ3n) is 4.55. The minimum absolute atomic E-state index is 0.183. The summed E-state index contributed by atoms with van der Waals surface area (Å²) >= 11 is 5.67. The standard InChI is InChI=1S/C20H20ClN7O/c1-12-4-5-16(13(2)8-12)27-19-15(10-24-27)20(23-11-22-19)28-17(9-14(3)26-28)25-18(29)6-7-21/h4-5,8-11H,6-7H2,1-3H3,(H,25,29). The van der Waals surface area contributed by atoms with Gasteiger partial charge in [-0.05, 0) is 32.4 Å². The van der Waals surface area contributed by atoms with Crippen LogP contribution in [0.2, 0.25) is 0 Å². The molecule has 0 radical (unpaired) electrons. The molecular weight excluding hydrogens is 390 g/mol. The molecule has 0 bridgehead atoms. The number of hydrogen-bond donors (Lipinski definition) is 1. The van der Waals surface area contributed by atoms with Gasteiger partial charge < -0.3 is 5.32 Å². The number of carbonyl (C=O) groups is 1. The zero-order valence-corrected chi connectivity index (χ0v) is 17.1. The first kappa shape index (κ1) is 19.1. The molecule has 1 N–H and O–H groups in total. The number of carbonyl (C=O) groups excluding carboxylic acids is 1. The Balaban J connectivity index is 1.83. The van der Waals surface area contributed by atoms with Gasteiger partial charge in [-0.3, -0.25) is 4.79 Å². The molecule has 1 amide bonds. The largest absolute Gasteiger partial charge is 0.310 e. The van der Waals surface area contributed by atoms with E-state index in [0.29, 0.717) is 17.3 Å². The van der Waals surface area contributed by atoms with E-state index in [1.807, 2.05) is 26.0 Å². The van der Waals surface area contributed by atoms with Crippen LogP contribution in [0.4, 0.5) is 5.82 Å². The fourth-order valence-electron chi connectivity index (χ4n) is 3.26. The van der Waals surface area contributed by atoms with Crippen LogP contribution < -0.4 is 5.32 Å². The van der Waals surface area contributed by atoms with Crippen molar-refractivity contribution >= 4 is 34.4 Å². The van der Waals surface area contributed by atoms with Crippen LogP contribution >= 0.6 is 11.6 Å². The summed E-state index contributed by atoms with van der Waals surface area (Å²) in [5.41, 5.74) is 4.64. The lowest BCUT2D eigenvalue weighted by Gasteiger charge is -2.10. The second-order valence-corrected chi connectivity index (χ2v) is 7.23. The van der Waals surface area contributed by atoms with Crippen LogP contribution in [-0.2, 0) is 4.79 Å². The topological polar surface area (TPSA) is 90.5 Å². The molecule has 3 heterocycles. The van der Waals surface area contributed by atoms with E-state index in [-0.39, 0.29) is 18.2 Å². The minimum Gasteiger partial charge on any atom is -0.310 e. The van der Waals surface area contributed by atoms with Crippen LogP contribution in [0.1, 0.15) is 23.2 Å². The Labute approximate surface area is 172 Å². The van der Waals surface area contributed by atoms with Gasteiger partial charge in [-0.1, -0.05) is 17.7 Å². The summed E-state index contributed by atoms with van der Waals surface area (Å²) in [4.78, 5) is 20.9. The highest BCUT2D eigenvalue weighted by molar-refractivity contribution is 6.19. The number of aromatic nitrogens is 6. The van der Waals surface area contributed by atoms with E-state index in [2.05, 4.69) is 38.5 Å². The highest BCUT2D eigenvalue weighted by Gasteiger charge is 2.18. The van der Waals surface area contributed by atoms with E-state index in [1.54, 1.807) is 21.6 Å². The van der Waals surface area contributed by atoms with Crippen LogP contribution in [0.25, 0.3) is 22.5 Å². The number of fused-ring (bicyclic) bond motifs is 1. The van der Waals surface area contributed by atoms with Crippen molar-refractivity contribution in [2.75, 3.05) is 11.2 Å². The minimum atomic E-state index is -0.183. The normalized spacial score (nSPS) is 11.2. The molecule has 0 aliphatic carbocycles. The molecule has 148 valence electrons. The fourth-order valence-corrected chi connectivity index (χ4v) is 3.43. The molecule has 0 spiro atoms. The van der Waals surface area contributed by atoms with Gasteiger partial charge in [0.25, 0.3) is 0 Å². The molecule has 3 aromatic heterocycles. The smallest absolute Gasteiger partial charge is 0.226 e. The molecule has 0 aliphatic rings. The van der Waals surface area contributed by atoms with Crippen molar-refractivity contribution in [3.05, 3.63) is 53.6 Å². The van der Waals surface area contributed by atoms with Gasteiger partial charge in [0.1, 0.15) is 12.1 Å². The summed E-state index contributed by atoms with van der Waals surface area (Å²) in [5, 5.41) is 12.6. The van der Waals surface area contributed by atoms with Gasteiger partial charge in [0, 0.05) is 18.4 Å². The number of aryl methyl sites for hydroxylation is 3. The van der Waals surface area contributed by atoms with Gasteiger partial charge in [0.05, 0.1) is 23.0 Å². The Morgan fingerprint density at radius 3 is 2.72 bits per heavy atom. The Morgan fingerprint density at radius 2 is 1.97 bits per heavy atom. The van der Waals surface area contributed by atoms with Crippen LogP contribution in [0.15, 0.2) is 36.8 Å². The summed E-state index contributed by atoms with van der Waals surface area (Å²) in [7, 11) is 0. The molecule has 9 heteroatoms. The van der Waals surface area contributed by atoms with Gasteiger partial charge in [-0.2, -0.15) is 14.9 Å². The second-order valence-electron chi connectivity index (χ2n) is 6.85. The van der Waals surface area contributed by atoms with E-state index in [9.17, 15) is 4.79 Å². The molecule has 0 fully saturated rings. The van der Waals surface area contributed by atoms with Crippen molar-refractivity contribution in [3.8, 4) is 11.5 Å². The number of anilines is 1. The average Bonchev–Trinajstić information content (AvgIpc) is 3.25. The number of rotatable bonds is 5. The number of amides is 1. The van der Waals surface area contributed by atoms with E-state index in [4.69, 9.17) is 11.6 Å². The zero-order chi connectivity index (χ0) is 20.5. The molecule has 1 aromatic carbocycles. The highest BCUT2D eigenvalue weighted by Crippen LogP contribution is 2.25. The Kier molecular flexibility index (Phi) is 5.02. The zero-order valence-electron chi connectivity index (χ0n) is 16.3. The molecule has 0 atom stereocenters.